The minimum absolute atomic E-state index is 0.147. The zero-order chi connectivity index (χ0) is 28.5. The Balaban J connectivity index is 2.10. The van der Waals surface area contributed by atoms with Crippen LogP contribution < -0.4 is 20.7 Å². The predicted molar refractivity (Wildman–Crippen MR) is 154 cm³/mol. The Morgan fingerprint density at radius 2 is 1.62 bits per heavy atom. The molecule has 3 amide bonds. The summed E-state index contributed by atoms with van der Waals surface area (Å²) in [6, 6.07) is 14.4. The quantitative estimate of drug-likeness (QED) is 0.477. The van der Waals surface area contributed by atoms with Crippen LogP contribution in [0, 0.1) is 11.8 Å². The zero-order valence-electron chi connectivity index (χ0n) is 23.8. The van der Waals surface area contributed by atoms with E-state index >= 15 is 0 Å². The van der Waals surface area contributed by atoms with Crippen LogP contribution in [0.3, 0.4) is 0 Å². The highest BCUT2D eigenvalue weighted by Crippen LogP contribution is 2.27. The minimum Gasteiger partial charge on any atom is -0.483 e. The Kier molecular flexibility index (Phi) is 10.7. The van der Waals surface area contributed by atoms with Crippen LogP contribution in [0.4, 0.5) is 0 Å². The van der Waals surface area contributed by atoms with Crippen molar-refractivity contribution in [1.82, 2.24) is 20.9 Å². The highest BCUT2D eigenvalue weighted by atomic mass is 16.5. The van der Waals surface area contributed by atoms with Crippen molar-refractivity contribution in [1.29, 1.82) is 0 Å². The van der Waals surface area contributed by atoms with Gasteiger partial charge in [0, 0.05) is 6.20 Å². The van der Waals surface area contributed by atoms with Crippen molar-refractivity contribution in [2.24, 2.45) is 11.8 Å². The van der Waals surface area contributed by atoms with Crippen molar-refractivity contribution >= 4 is 23.8 Å². The van der Waals surface area contributed by atoms with Crippen molar-refractivity contribution in [2.75, 3.05) is 14.1 Å². The van der Waals surface area contributed by atoms with E-state index in [0.717, 1.165) is 11.1 Å². The number of nitrogens with zero attached hydrogens (tertiary/aromatic N) is 1. The lowest BCUT2D eigenvalue weighted by atomic mass is 9.97. The maximum atomic E-state index is 14.0. The molecule has 4 unspecified atom stereocenters. The smallest absolute Gasteiger partial charge is 0.247 e. The molecule has 4 atom stereocenters. The van der Waals surface area contributed by atoms with Crippen LogP contribution in [0.2, 0.25) is 0 Å². The van der Waals surface area contributed by atoms with Gasteiger partial charge in [-0.1, -0.05) is 70.2 Å². The second-order valence-corrected chi connectivity index (χ2v) is 11.1. The molecule has 2 bridgehead atoms. The number of fused-ring (bicyclic) bond motifs is 10. The number of benzene rings is 2. The van der Waals surface area contributed by atoms with Gasteiger partial charge in [0.1, 0.15) is 17.8 Å². The largest absolute Gasteiger partial charge is 0.483 e. The van der Waals surface area contributed by atoms with E-state index in [1.54, 1.807) is 12.3 Å². The zero-order valence-corrected chi connectivity index (χ0v) is 23.8. The first-order chi connectivity index (χ1) is 18.5. The molecule has 0 radical (unpaired) electrons. The third-order valence-electron chi connectivity index (χ3n) is 6.62. The molecule has 2 aliphatic heterocycles. The van der Waals surface area contributed by atoms with E-state index in [2.05, 4.69) is 29.8 Å². The molecular weight excluding hydrogens is 492 g/mol. The molecule has 8 nitrogen and oxygen atoms in total. The van der Waals surface area contributed by atoms with Gasteiger partial charge in [-0.2, -0.15) is 0 Å². The van der Waals surface area contributed by atoms with Gasteiger partial charge in [-0.3, -0.25) is 19.3 Å². The van der Waals surface area contributed by atoms with Gasteiger partial charge in [0.25, 0.3) is 0 Å². The molecule has 0 saturated carbocycles. The number of amides is 3. The fraction of sp³-hybridized carbons (Fsp3) is 0.452. The molecule has 2 aromatic carbocycles. The lowest BCUT2D eigenvalue weighted by molar-refractivity contribution is -0.136. The Morgan fingerprint density at radius 1 is 0.949 bits per heavy atom. The van der Waals surface area contributed by atoms with Gasteiger partial charge in [0.05, 0.1) is 6.04 Å². The summed E-state index contributed by atoms with van der Waals surface area (Å²) in [5, 5.41) is 8.71. The third-order valence-corrected chi connectivity index (χ3v) is 6.62. The first-order valence-corrected chi connectivity index (χ1v) is 13.6. The number of carbonyl (C=O) groups excluding carboxylic acids is 3. The summed E-state index contributed by atoms with van der Waals surface area (Å²) in [7, 11) is 3.70. The molecule has 8 heteroatoms. The average molecular weight is 535 g/mol. The molecule has 0 spiro atoms. The van der Waals surface area contributed by atoms with Crippen molar-refractivity contribution in [3.63, 3.8) is 0 Å². The molecule has 0 saturated heterocycles. The fourth-order valence-electron chi connectivity index (χ4n) is 4.59. The molecule has 4 rings (SSSR count). The lowest BCUT2D eigenvalue weighted by Gasteiger charge is -2.32. The van der Waals surface area contributed by atoms with E-state index in [-0.39, 0.29) is 23.7 Å². The number of nitrogens with one attached hydrogen (secondary N) is 3. The number of carbonyl (C=O) groups is 3. The molecule has 3 N–H and O–H groups in total. The third kappa shape index (κ3) is 8.68. The van der Waals surface area contributed by atoms with E-state index in [9.17, 15) is 14.4 Å². The van der Waals surface area contributed by atoms with Gasteiger partial charge in [-0.25, -0.2) is 0 Å². The second kappa shape index (κ2) is 13.9. The van der Waals surface area contributed by atoms with Gasteiger partial charge in [-0.05, 0) is 68.1 Å². The molecule has 0 aromatic heterocycles. The van der Waals surface area contributed by atoms with E-state index in [1.807, 2.05) is 87.4 Å². The maximum absolute atomic E-state index is 14.0. The molecule has 2 aliphatic rings. The van der Waals surface area contributed by atoms with Gasteiger partial charge >= 0.3 is 0 Å². The summed E-state index contributed by atoms with van der Waals surface area (Å²) in [6.07, 6.45) is 3.57. The number of likely N-dealkylation sites (N-methyl/N-ethyl adjacent to an activating group) is 1. The van der Waals surface area contributed by atoms with E-state index in [4.69, 9.17) is 4.74 Å². The summed E-state index contributed by atoms with van der Waals surface area (Å²) in [5.41, 5.74) is 1.61. The first kappa shape index (κ1) is 29.9. The molecule has 2 heterocycles. The molecule has 0 aliphatic carbocycles. The molecule has 0 fully saturated rings. The molecule has 2 aromatic rings. The van der Waals surface area contributed by atoms with Crippen molar-refractivity contribution < 1.29 is 19.1 Å². The SMILES string of the molecule is CC(C)CC1NC(=O)C(NC(=O)C(CC(C)C)N(C)C)C(c2ccccc2)Oc2ccc(cc2)C=CNC1=O. The Hall–Kier alpha value is -3.65. The minimum atomic E-state index is -1.10. The highest BCUT2D eigenvalue weighted by molar-refractivity contribution is 5.94. The topological polar surface area (TPSA) is 99.8 Å². The summed E-state index contributed by atoms with van der Waals surface area (Å²) < 4.78 is 6.43. The standard InChI is InChI=1S/C31H42N4O4/c1-20(2)18-25-29(36)32-17-16-22-12-14-24(15-13-22)39-28(23-10-8-7-9-11-23)27(31(38)33-25)34-30(37)26(35(5)6)19-21(3)4/h7-17,20-21,25-28H,18-19H2,1-6H3,(H,32,36)(H,33,38)(H,34,37). The normalized spacial score (nSPS) is 20.8. The first-order valence-electron chi connectivity index (χ1n) is 13.6. The van der Waals surface area contributed by atoms with Gasteiger partial charge in [-0.15, -0.1) is 0 Å². The monoisotopic (exact) mass is 534 g/mol. The van der Waals surface area contributed by atoms with Crippen LogP contribution in [0.15, 0.2) is 60.8 Å². The molecule has 39 heavy (non-hydrogen) atoms. The summed E-state index contributed by atoms with van der Waals surface area (Å²) in [6.45, 7) is 8.09. The van der Waals surface area contributed by atoms with Gasteiger partial charge in [0.15, 0.2) is 6.10 Å². The van der Waals surface area contributed by atoms with E-state index in [0.29, 0.717) is 18.6 Å². The van der Waals surface area contributed by atoms with Crippen LogP contribution in [0.5, 0.6) is 5.75 Å². The number of ether oxygens (including phenoxy) is 1. The number of hydrogen-bond donors (Lipinski definition) is 3. The van der Waals surface area contributed by atoms with Gasteiger partial charge < -0.3 is 20.7 Å². The van der Waals surface area contributed by atoms with Crippen LogP contribution in [-0.2, 0) is 14.4 Å². The van der Waals surface area contributed by atoms with E-state index in [1.165, 1.54) is 0 Å². The summed E-state index contributed by atoms with van der Waals surface area (Å²) >= 11 is 0. The van der Waals surface area contributed by atoms with Crippen LogP contribution >= 0.6 is 0 Å². The van der Waals surface area contributed by atoms with E-state index < -0.39 is 30.1 Å². The Bertz CT molecular complexity index is 1130. The second-order valence-electron chi connectivity index (χ2n) is 11.1. The average Bonchev–Trinajstić information content (AvgIpc) is 2.89. The van der Waals surface area contributed by atoms with Crippen molar-refractivity contribution in [3.8, 4) is 5.75 Å². The highest BCUT2D eigenvalue weighted by Gasteiger charge is 2.37. The van der Waals surface area contributed by atoms with Gasteiger partial charge in [0.2, 0.25) is 17.7 Å². The lowest BCUT2D eigenvalue weighted by Crippen LogP contribution is -2.58. The maximum Gasteiger partial charge on any atom is 0.247 e. The Morgan fingerprint density at radius 3 is 2.21 bits per heavy atom. The van der Waals surface area contributed by atoms with Crippen LogP contribution in [0.25, 0.3) is 6.08 Å². The Labute approximate surface area is 232 Å². The van der Waals surface area contributed by atoms with Crippen LogP contribution in [0.1, 0.15) is 57.8 Å². The summed E-state index contributed by atoms with van der Waals surface area (Å²) in [4.78, 5) is 42.6. The fourth-order valence-corrected chi connectivity index (χ4v) is 4.59. The van der Waals surface area contributed by atoms with Crippen LogP contribution in [-0.4, -0.2) is 54.8 Å². The van der Waals surface area contributed by atoms with Crippen molar-refractivity contribution in [3.05, 3.63) is 71.9 Å². The summed E-state index contributed by atoms with van der Waals surface area (Å²) in [5.74, 6) is -0.114. The molecular formula is C31H42N4O4. The molecule has 210 valence electrons. The number of rotatable bonds is 8. The number of hydrogen-bond acceptors (Lipinski definition) is 5. The van der Waals surface area contributed by atoms with Crippen molar-refractivity contribution in [2.45, 2.75) is 64.8 Å². The predicted octanol–water partition coefficient (Wildman–Crippen LogP) is 3.90.